The fourth-order valence-electron chi connectivity index (χ4n) is 0.798. The summed E-state index contributed by atoms with van der Waals surface area (Å²) in [6.07, 6.45) is 0. The number of halogens is 4. The second-order valence-electron chi connectivity index (χ2n) is 2.31. The first kappa shape index (κ1) is 10.8. The Bertz CT molecular complexity index is 335. The van der Waals surface area contributed by atoms with Crippen molar-refractivity contribution in [3.8, 4) is 0 Å². The highest BCUT2D eigenvalue weighted by atomic mass is 127. The van der Waals surface area contributed by atoms with E-state index in [9.17, 15) is 13.6 Å². The summed E-state index contributed by atoms with van der Waals surface area (Å²) in [5, 5.41) is 0.0452. The smallest absolute Gasteiger partial charge is 0.286 e. The molecule has 1 aromatic rings. The summed E-state index contributed by atoms with van der Waals surface area (Å²) in [4.78, 5) is 11.0. The van der Waals surface area contributed by atoms with Gasteiger partial charge in [-0.3, -0.25) is 4.79 Å². The topological polar surface area (TPSA) is 17.1 Å². The molecule has 70 valence electrons. The summed E-state index contributed by atoms with van der Waals surface area (Å²) in [6, 6.07) is 5.74. The number of Topliss-reactive ketones (excluding diaryl/α,β-unsaturated/α-hetero) is 1. The summed E-state index contributed by atoms with van der Waals surface area (Å²) < 4.78 is 21.7. The Morgan fingerprint density at radius 2 is 1.92 bits per heavy atom. The lowest BCUT2D eigenvalue weighted by Crippen LogP contribution is -2.20. The van der Waals surface area contributed by atoms with Gasteiger partial charge in [0.1, 0.15) is 0 Å². The van der Waals surface area contributed by atoms with Crippen molar-refractivity contribution in [1.82, 2.24) is 0 Å². The third kappa shape index (κ3) is 2.60. The number of hydrogen-bond donors (Lipinski definition) is 0. The Hall–Kier alpha value is -0.230. The highest BCUT2D eigenvalue weighted by Crippen LogP contribution is 2.30. The summed E-state index contributed by atoms with van der Waals surface area (Å²) in [6.45, 7) is 0. The molecule has 0 aliphatic carbocycles. The molecule has 0 N–H and O–H groups in total. The molecule has 0 amide bonds. The second-order valence-corrected chi connectivity index (χ2v) is 4.07. The largest absolute Gasteiger partial charge is 0.357 e. The van der Waals surface area contributed by atoms with Crippen molar-refractivity contribution >= 4 is 40.0 Å². The number of alkyl halides is 3. The van der Waals surface area contributed by atoms with Crippen molar-refractivity contribution in [2.24, 2.45) is 0 Å². The van der Waals surface area contributed by atoms with E-state index in [0.29, 0.717) is 0 Å². The Balaban J connectivity index is 3.10. The van der Waals surface area contributed by atoms with Gasteiger partial charge >= 0.3 is 3.93 Å². The molecule has 0 radical (unpaired) electrons. The van der Waals surface area contributed by atoms with Crippen LogP contribution in [0.3, 0.4) is 0 Å². The maximum absolute atomic E-state index is 12.6. The summed E-state index contributed by atoms with van der Waals surface area (Å²) in [5.74, 6) is -1.27. The molecule has 0 aliphatic heterocycles. The normalized spacial score (nSPS) is 11.4. The quantitative estimate of drug-likeness (QED) is 0.463. The predicted octanol–water partition coefficient (Wildman–Crippen LogP) is 3.55. The number of carbonyl (C=O) groups is 1. The molecular formula is C8H4ClF2IO. The Morgan fingerprint density at radius 3 is 2.38 bits per heavy atom. The first-order valence-corrected chi connectivity index (χ1v) is 4.74. The molecule has 0 aliphatic rings. The highest BCUT2D eigenvalue weighted by Gasteiger charge is 2.36. The minimum atomic E-state index is -3.40. The van der Waals surface area contributed by atoms with Crippen LogP contribution in [0.5, 0.6) is 0 Å². The number of ketones is 1. The van der Waals surface area contributed by atoms with E-state index in [1.807, 2.05) is 0 Å². The molecule has 5 heteroatoms. The van der Waals surface area contributed by atoms with Gasteiger partial charge in [-0.2, -0.15) is 8.78 Å². The van der Waals surface area contributed by atoms with Gasteiger partial charge in [-0.1, -0.05) is 23.7 Å². The minimum absolute atomic E-state index is 0.0452. The number of hydrogen-bond acceptors (Lipinski definition) is 1. The van der Waals surface area contributed by atoms with E-state index >= 15 is 0 Å². The first-order valence-electron chi connectivity index (χ1n) is 3.29. The van der Waals surface area contributed by atoms with E-state index in [0.717, 1.165) is 22.6 Å². The van der Waals surface area contributed by atoms with Crippen molar-refractivity contribution < 1.29 is 13.6 Å². The fourth-order valence-corrected chi connectivity index (χ4v) is 1.31. The van der Waals surface area contributed by atoms with Crippen LogP contribution in [0.15, 0.2) is 24.3 Å². The van der Waals surface area contributed by atoms with Gasteiger partial charge in [-0.05, 0) is 12.1 Å². The number of benzene rings is 1. The second kappa shape index (κ2) is 3.88. The van der Waals surface area contributed by atoms with Crippen molar-refractivity contribution in [2.75, 3.05) is 0 Å². The van der Waals surface area contributed by atoms with E-state index in [1.54, 1.807) is 6.07 Å². The Morgan fingerprint density at radius 1 is 1.38 bits per heavy atom. The zero-order chi connectivity index (χ0) is 10.1. The van der Waals surface area contributed by atoms with Gasteiger partial charge < -0.3 is 0 Å². The Kier molecular flexibility index (Phi) is 3.23. The Labute approximate surface area is 92.2 Å². The van der Waals surface area contributed by atoms with Crippen LogP contribution < -0.4 is 0 Å². The summed E-state index contributed by atoms with van der Waals surface area (Å²) in [7, 11) is 0. The molecule has 1 rings (SSSR count). The molecule has 1 nitrogen and oxygen atoms in total. The van der Waals surface area contributed by atoms with Gasteiger partial charge in [0.15, 0.2) is 0 Å². The van der Waals surface area contributed by atoms with E-state index in [1.165, 1.54) is 18.2 Å². The molecule has 0 atom stereocenters. The maximum Gasteiger partial charge on any atom is 0.357 e. The van der Waals surface area contributed by atoms with E-state index < -0.39 is 9.71 Å². The lowest BCUT2D eigenvalue weighted by molar-refractivity contribution is 0.0627. The summed E-state index contributed by atoms with van der Waals surface area (Å²) >= 11 is 6.35. The number of carbonyl (C=O) groups excluding carboxylic acids is 1. The molecular weight excluding hydrogens is 312 g/mol. The average Bonchev–Trinajstić information content (AvgIpc) is 2.02. The summed E-state index contributed by atoms with van der Waals surface area (Å²) in [5.41, 5.74) is -0.149. The van der Waals surface area contributed by atoms with Crippen LogP contribution in [0.1, 0.15) is 10.4 Å². The van der Waals surface area contributed by atoms with Gasteiger partial charge in [0.25, 0.3) is 0 Å². The van der Waals surface area contributed by atoms with Crippen LogP contribution >= 0.6 is 34.2 Å². The van der Waals surface area contributed by atoms with Gasteiger partial charge in [-0.15, -0.1) is 0 Å². The van der Waals surface area contributed by atoms with Gasteiger partial charge in [0.2, 0.25) is 5.78 Å². The van der Waals surface area contributed by atoms with E-state index in [4.69, 9.17) is 11.6 Å². The molecule has 0 unspecified atom stereocenters. The molecule has 0 saturated heterocycles. The predicted molar refractivity (Wildman–Crippen MR) is 54.7 cm³/mol. The monoisotopic (exact) mass is 316 g/mol. The van der Waals surface area contributed by atoms with Gasteiger partial charge in [0.05, 0.1) is 5.02 Å². The third-order valence-corrected chi connectivity index (χ3v) is 2.20. The van der Waals surface area contributed by atoms with Crippen LogP contribution in [-0.2, 0) is 0 Å². The molecule has 0 fully saturated rings. The molecule has 0 spiro atoms. The van der Waals surface area contributed by atoms with Gasteiger partial charge in [-0.25, -0.2) is 0 Å². The van der Waals surface area contributed by atoms with Crippen molar-refractivity contribution in [1.29, 1.82) is 0 Å². The fraction of sp³-hybridized carbons (Fsp3) is 0.125. The molecule has 0 aromatic heterocycles. The lowest BCUT2D eigenvalue weighted by Gasteiger charge is -2.07. The van der Waals surface area contributed by atoms with Crippen molar-refractivity contribution in [3.63, 3.8) is 0 Å². The molecule has 0 bridgehead atoms. The van der Waals surface area contributed by atoms with Crippen molar-refractivity contribution in [2.45, 2.75) is 3.93 Å². The standard InChI is InChI=1S/C8H4ClF2IO/c9-6-4-2-1-3-5(6)7(13)8(10,11)12/h1-4H. The van der Waals surface area contributed by atoms with Crippen LogP contribution in [0.25, 0.3) is 0 Å². The molecule has 0 saturated carbocycles. The zero-order valence-corrected chi connectivity index (χ0v) is 9.14. The third-order valence-electron chi connectivity index (χ3n) is 1.38. The van der Waals surface area contributed by atoms with Crippen LogP contribution in [0.4, 0.5) is 8.78 Å². The van der Waals surface area contributed by atoms with Gasteiger partial charge in [0, 0.05) is 28.2 Å². The van der Waals surface area contributed by atoms with Crippen LogP contribution in [0.2, 0.25) is 5.02 Å². The van der Waals surface area contributed by atoms with E-state index in [2.05, 4.69) is 0 Å². The minimum Gasteiger partial charge on any atom is -0.286 e. The highest BCUT2D eigenvalue weighted by molar-refractivity contribution is 14.1. The van der Waals surface area contributed by atoms with Crippen LogP contribution in [0, 0.1) is 0 Å². The van der Waals surface area contributed by atoms with Crippen LogP contribution in [-0.4, -0.2) is 9.71 Å². The first-order chi connectivity index (χ1) is 5.93. The molecule has 1 aromatic carbocycles. The number of rotatable bonds is 2. The molecule has 0 heterocycles. The maximum atomic E-state index is 12.6. The zero-order valence-electron chi connectivity index (χ0n) is 6.23. The lowest BCUT2D eigenvalue weighted by atomic mass is 10.1. The molecule has 13 heavy (non-hydrogen) atoms. The van der Waals surface area contributed by atoms with E-state index in [-0.39, 0.29) is 10.6 Å². The van der Waals surface area contributed by atoms with Crippen molar-refractivity contribution in [3.05, 3.63) is 34.9 Å². The SMILES string of the molecule is O=C(c1ccccc1Cl)C(F)(F)I. The average molecular weight is 316 g/mol.